The lowest BCUT2D eigenvalue weighted by atomic mass is 10.0. The largest absolute Gasteiger partial charge is 0.457 e. The van der Waals surface area contributed by atoms with Crippen molar-refractivity contribution in [2.75, 3.05) is 20.0 Å². The molecule has 0 rings (SSSR count). The molecule has 0 aliphatic rings. The molecule has 0 spiro atoms. The molecule has 1 atom stereocenters. The Morgan fingerprint density at radius 3 is 1.60 bits per heavy atom. The average Bonchev–Trinajstić information content (AvgIpc) is 2.98. The van der Waals surface area contributed by atoms with E-state index in [1.807, 2.05) is 0 Å². The molecule has 0 aromatic heterocycles. The maximum atomic E-state index is 11.6. The summed E-state index contributed by atoms with van der Waals surface area (Å²) in [4.78, 5) is 22.0. The number of carbonyl (C=O) groups excluding carboxylic acids is 2. The van der Waals surface area contributed by atoms with Gasteiger partial charge < -0.3 is 19.7 Å². The first-order chi connectivity index (χ1) is 20.5. The van der Waals surface area contributed by atoms with E-state index in [1.54, 1.807) is 6.92 Å². The summed E-state index contributed by atoms with van der Waals surface area (Å²) >= 11 is 0. The highest BCUT2D eigenvalue weighted by atomic mass is 16.6. The maximum absolute atomic E-state index is 11.6. The van der Waals surface area contributed by atoms with Gasteiger partial charge in [-0.15, -0.1) is 0 Å². The first-order valence-electron chi connectivity index (χ1n) is 14.7. The molecule has 0 bridgehead atoms. The lowest BCUT2D eigenvalue weighted by Gasteiger charge is -2.14. The average molecular weight is 600 g/mol. The highest BCUT2D eigenvalue weighted by Gasteiger charge is 2.13. The van der Waals surface area contributed by atoms with Crippen molar-refractivity contribution in [2.24, 2.45) is 0 Å². The van der Waals surface area contributed by atoms with Crippen molar-refractivity contribution in [1.82, 2.24) is 5.32 Å². The van der Waals surface area contributed by atoms with Gasteiger partial charge in [0.15, 0.2) is 0 Å². The molecule has 0 aromatic rings. The third-order valence-corrected chi connectivity index (χ3v) is 5.37. The molecule has 250 valence electrons. The second kappa shape index (κ2) is 35.2. The van der Waals surface area contributed by atoms with Gasteiger partial charge in [0.2, 0.25) is 5.91 Å². The van der Waals surface area contributed by atoms with Crippen LogP contribution in [0, 0.1) is 71.2 Å². The van der Waals surface area contributed by atoms with Crippen LogP contribution in [0.25, 0.3) is 0 Å². The zero-order valence-electron chi connectivity index (χ0n) is 25.6. The minimum absolute atomic E-state index is 0. The van der Waals surface area contributed by atoms with Crippen LogP contribution in [0.4, 0.5) is 0 Å². The molecule has 3 N–H and O–H groups in total. The van der Waals surface area contributed by atoms with Crippen LogP contribution in [0.3, 0.4) is 0 Å². The third-order valence-electron chi connectivity index (χ3n) is 5.37. The monoisotopic (exact) mass is 600 g/mol. The predicted molar refractivity (Wildman–Crippen MR) is 190 cm³/mol. The molecular weight excluding hydrogens is 530 g/mol. The highest BCUT2D eigenvalue weighted by molar-refractivity contribution is 5.74. The van der Waals surface area contributed by atoms with Crippen LogP contribution < -0.4 is 5.32 Å². The normalized spacial score (nSPS) is 9.26. The number of esters is 1. The van der Waals surface area contributed by atoms with Gasteiger partial charge >= 0.3 is 5.97 Å². The Labute approximate surface area is 270 Å². The molecule has 7 heteroatoms. The summed E-state index contributed by atoms with van der Waals surface area (Å²) in [5, 5.41) is 19.8. The summed E-state index contributed by atoms with van der Waals surface area (Å²) in [6, 6.07) is 2.35. The molecular formula is C35H69NO6. The van der Waals surface area contributed by atoms with Gasteiger partial charge in [-0.05, 0) is 42.9 Å². The molecule has 0 heterocycles. The van der Waals surface area contributed by atoms with Crippen molar-refractivity contribution in [3.05, 3.63) is 0 Å². The zero-order valence-corrected chi connectivity index (χ0v) is 25.6. The minimum Gasteiger partial charge on any atom is -0.457 e. The summed E-state index contributed by atoms with van der Waals surface area (Å²) < 4.78 is 9.81. The van der Waals surface area contributed by atoms with E-state index in [9.17, 15) is 9.59 Å². The van der Waals surface area contributed by atoms with Gasteiger partial charge in [-0.1, -0.05) is 89.9 Å². The van der Waals surface area contributed by atoms with E-state index < -0.39 is 12.9 Å². The molecule has 0 aliphatic carbocycles. The van der Waals surface area contributed by atoms with Crippen molar-refractivity contribution < 1.29 is 45.0 Å². The first-order valence-corrected chi connectivity index (χ1v) is 14.7. The van der Waals surface area contributed by atoms with Crippen LogP contribution in [0.2, 0.25) is 0 Å². The summed E-state index contributed by atoms with van der Waals surface area (Å²) in [5.74, 6) is 26.8. The minimum atomic E-state index is -0.679. The Morgan fingerprint density at radius 1 is 0.714 bits per heavy atom. The Balaban J connectivity index is -0.0000000473. The summed E-state index contributed by atoms with van der Waals surface area (Å²) in [7, 11) is 0. The number of ether oxygens (including phenoxy) is 2. The number of carbonyl (C=O) groups is 2. The van der Waals surface area contributed by atoms with Gasteiger partial charge in [-0.25, -0.2) is 0 Å². The number of aliphatic hydroxyl groups excluding tert-OH is 2. The zero-order chi connectivity index (χ0) is 31.4. The number of unbranched alkanes of at least 4 members (excludes halogenated alkanes) is 12. The molecule has 0 aromatic carbocycles. The van der Waals surface area contributed by atoms with Crippen LogP contribution in [0.1, 0.15) is 126 Å². The number of amides is 1. The summed E-state index contributed by atoms with van der Waals surface area (Å²) in [6.07, 6.45) is 16.2. The Bertz CT molecular complexity index is 1130. The van der Waals surface area contributed by atoms with Gasteiger partial charge in [-0.2, -0.15) is 0 Å². The number of rotatable bonds is 19. The van der Waals surface area contributed by atoms with Crippen LogP contribution in [0.5, 0.6) is 0 Å². The fourth-order valence-corrected chi connectivity index (χ4v) is 3.30. The molecule has 0 unspecified atom stereocenters. The molecule has 42 heavy (non-hydrogen) atoms. The molecule has 0 fully saturated rings. The number of aliphatic hydroxyl groups is 2. The van der Waals surface area contributed by atoms with Crippen molar-refractivity contribution in [1.29, 1.82) is 0 Å². The van der Waals surface area contributed by atoms with Gasteiger partial charge in [-0.3, -0.25) is 14.9 Å². The van der Waals surface area contributed by atoms with E-state index in [0.717, 1.165) is 12.8 Å². The smallest absolute Gasteiger partial charge is 0.306 e. The van der Waals surface area contributed by atoms with E-state index in [2.05, 4.69) is 83.4 Å². The van der Waals surface area contributed by atoms with E-state index >= 15 is 0 Å². The number of nitrogens with one attached hydrogen (secondary N) is 1. The van der Waals surface area contributed by atoms with Crippen molar-refractivity contribution in [3.8, 4) is 71.2 Å². The lowest BCUT2D eigenvalue weighted by Crippen LogP contribution is -2.27. The second-order valence-electron chi connectivity index (χ2n) is 9.09. The molecule has 1 amide bonds. The van der Waals surface area contributed by atoms with Crippen molar-refractivity contribution >= 4 is 11.9 Å². The van der Waals surface area contributed by atoms with Gasteiger partial charge in [0.05, 0.1) is 13.2 Å². The summed E-state index contributed by atoms with van der Waals surface area (Å²) in [6.45, 7) is 4.61. The predicted octanol–water partition coefficient (Wildman–Crippen LogP) is 7.16. The van der Waals surface area contributed by atoms with E-state index in [1.165, 1.54) is 77.6 Å². The van der Waals surface area contributed by atoms with E-state index in [0.29, 0.717) is 6.42 Å². The summed E-state index contributed by atoms with van der Waals surface area (Å²) in [5.41, 5.74) is 0. The van der Waals surface area contributed by atoms with Crippen LogP contribution >= 0.6 is 0 Å². The third kappa shape index (κ3) is 36.2. The van der Waals surface area contributed by atoms with Crippen LogP contribution in [-0.4, -0.2) is 48.2 Å². The molecule has 0 radical (unpaired) electrons. The van der Waals surface area contributed by atoms with E-state index in [4.69, 9.17) is 19.7 Å². The molecule has 0 saturated carbocycles. The standard InChI is InChI=1S/C20H40O5.C15H7NO.11H2/c1-2-3-4-5-6-7-8-9-10-11-12-13-14-15-20(23)25-19(16-21)17-24-18-22;1-3-4-5-6-7-8-9-10-11-12-13-14-16-15(2)17;;;;;;;;;;;/h19,21-22H,2-18H2,1H3;1-2H3,(H,16,17);11*1H/t19-;;;;;;;;;;;;/m1............/s1. The van der Waals surface area contributed by atoms with Crippen LogP contribution in [0.15, 0.2) is 0 Å². The quantitative estimate of drug-likeness (QED) is 0.0478. The van der Waals surface area contributed by atoms with Crippen molar-refractivity contribution in [2.45, 2.75) is 117 Å². The number of hydrogen-bond acceptors (Lipinski definition) is 6. The van der Waals surface area contributed by atoms with Gasteiger partial charge in [0.25, 0.3) is 0 Å². The lowest BCUT2D eigenvalue weighted by molar-refractivity contribution is -0.157. The SMILES string of the molecule is CC#CC#CC#CC#CC#CC#CNC(C)=O.CCCCCCCCCCCCCCCC(=O)O[C@H](CO)COCO.[HH].[HH].[HH].[HH].[HH].[HH].[HH].[HH].[HH].[HH].[HH]. The van der Waals surface area contributed by atoms with Gasteiger partial charge in [0.1, 0.15) is 12.9 Å². The second-order valence-corrected chi connectivity index (χ2v) is 9.09. The van der Waals surface area contributed by atoms with Crippen LogP contribution in [-0.2, 0) is 19.1 Å². The van der Waals surface area contributed by atoms with Crippen molar-refractivity contribution in [3.63, 3.8) is 0 Å². The van der Waals surface area contributed by atoms with Gasteiger partial charge in [0, 0.05) is 64.7 Å². The molecule has 7 nitrogen and oxygen atoms in total. The Morgan fingerprint density at radius 2 is 1.17 bits per heavy atom. The first kappa shape index (κ1) is 40.3. The highest BCUT2D eigenvalue weighted by Crippen LogP contribution is 2.13. The fraction of sp³-hybridized carbons (Fsp3) is 0.600. The Kier molecular flexibility index (Phi) is 33.8. The maximum Gasteiger partial charge on any atom is 0.306 e. The molecule has 0 aliphatic heterocycles. The number of hydrogen-bond donors (Lipinski definition) is 3. The Hall–Kier alpha value is -3.82. The topological polar surface area (TPSA) is 105 Å². The fourth-order valence-electron chi connectivity index (χ4n) is 3.30. The van der Waals surface area contributed by atoms with E-state index in [-0.39, 0.29) is 40.8 Å². The molecule has 0 saturated heterocycles.